The van der Waals surface area contributed by atoms with E-state index in [1.54, 1.807) is 36.6 Å². The predicted octanol–water partition coefficient (Wildman–Crippen LogP) is 2.23. The smallest absolute Gasteiger partial charge is 0.279 e. The molecule has 146 valence electrons. The molecule has 0 bridgehead atoms. The Labute approximate surface area is 172 Å². The zero-order valence-corrected chi connectivity index (χ0v) is 17.2. The second kappa shape index (κ2) is 8.98. The van der Waals surface area contributed by atoms with Crippen molar-refractivity contribution in [2.24, 2.45) is 0 Å². The number of rotatable bonds is 6. The van der Waals surface area contributed by atoms with Gasteiger partial charge in [0.25, 0.3) is 11.5 Å². The standard InChI is InChI=1S/C18H17BrN4O4S/c1-11(27-13-4-2-3-12(19)9-13)16(25)22-21-15(24)5-7-23-10-20-17-14(18(23)26)6-8-28-17/h2-4,6,8-11H,5,7H2,1H3,(H,21,24)(H,22,25). The van der Waals surface area contributed by atoms with Crippen LogP contribution in [0.3, 0.4) is 0 Å². The van der Waals surface area contributed by atoms with Crippen molar-refractivity contribution in [3.63, 3.8) is 0 Å². The van der Waals surface area contributed by atoms with Crippen LogP contribution in [0.25, 0.3) is 10.2 Å². The fourth-order valence-electron chi connectivity index (χ4n) is 2.37. The van der Waals surface area contributed by atoms with E-state index >= 15 is 0 Å². The highest BCUT2D eigenvalue weighted by Crippen LogP contribution is 2.18. The predicted molar refractivity (Wildman–Crippen MR) is 109 cm³/mol. The van der Waals surface area contributed by atoms with Crippen molar-refractivity contribution in [1.82, 2.24) is 20.4 Å². The van der Waals surface area contributed by atoms with Crippen molar-refractivity contribution in [3.05, 3.63) is 56.9 Å². The molecule has 10 heteroatoms. The summed E-state index contributed by atoms with van der Waals surface area (Å²) in [5.41, 5.74) is 4.44. The van der Waals surface area contributed by atoms with Gasteiger partial charge in [-0.15, -0.1) is 11.3 Å². The van der Waals surface area contributed by atoms with Gasteiger partial charge in [-0.2, -0.15) is 0 Å². The minimum Gasteiger partial charge on any atom is -0.481 e. The highest BCUT2D eigenvalue weighted by Gasteiger charge is 2.15. The van der Waals surface area contributed by atoms with Crippen molar-refractivity contribution in [2.75, 3.05) is 0 Å². The monoisotopic (exact) mass is 464 g/mol. The normalized spacial score (nSPS) is 11.8. The van der Waals surface area contributed by atoms with Crippen molar-refractivity contribution in [3.8, 4) is 5.75 Å². The minimum absolute atomic E-state index is 0.0123. The molecule has 2 N–H and O–H groups in total. The number of ether oxygens (including phenoxy) is 1. The van der Waals surface area contributed by atoms with E-state index in [1.165, 1.54) is 22.2 Å². The number of amides is 2. The van der Waals surface area contributed by atoms with Crippen LogP contribution in [0.15, 0.2) is 51.3 Å². The Morgan fingerprint density at radius 2 is 2.14 bits per heavy atom. The number of benzene rings is 1. The lowest BCUT2D eigenvalue weighted by molar-refractivity contribution is -0.132. The summed E-state index contributed by atoms with van der Waals surface area (Å²) >= 11 is 4.71. The van der Waals surface area contributed by atoms with E-state index < -0.39 is 17.9 Å². The number of nitrogens with zero attached hydrogens (tertiary/aromatic N) is 2. The second-order valence-corrected chi connectivity index (χ2v) is 7.70. The van der Waals surface area contributed by atoms with Gasteiger partial charge in [0.2, 0.25) is 5.91 Å². The van der Waals surface area contributed by atoms with Crippen LogP contribution < -0.4 is 21.1 Å². The van der Waals surface area contributed by atoms with Gasteiger partial charge in [0.05, 0.1) is 11.7 Å². The molecule has 0 aliphatic rings. The van der Waals surface area contributed by atoms with Crippen LogP contribution in [-0.4, -0.2) is 27.5 Å². The number of halogens is 1. The molecular weight excluding hydrogens is 448 g/mol. The molecule has 28 heavy (non-hydrogen) atoms. The number of aryl methyl sites for hydroxylation is 1. The molecule has 0 aliphatic carbocycles. The zero-order chi connectivity index (χ0) is 20.1. The first kappa shape index (κ1) is 20.0. The molecule has 0 saturated heterocycles. The third-order valence-electron chi connectivity index (χ3n) is 3.83. The van der Waals surface area contributed by atoms with E-state index in [0.29, 0.717) is 16.0 Å². The Hall–Kier alpha value is -2.72. The van der Waals surface area contributed by atoms with Gasteiger partial charge in [-0.25, -0.2) is 4.98 Å². The number of hydrogen-bond acceptors (Lipinski definition) is 6. The molecule has 0 spiro atoms. The molecule has 1 unspecified atom stereocenters. The lowest BCUT2D eigenvalue weighted by Gasteiger charge is -2.15. The Morgan fingerprint density at radius 1 is 1.32 bits per heavy atom. The Bertz CT molecular complexity index is 1060. The number of hydrogen-bond donors (Lipinski definition) is 2. The molecular formula is C18H17BrN4O4S. The van der Waals surface area contributed by atoms with Crippen LogP contribution >= 0.6 is 27.3 Å². The molecule has 8 nitrogen and oxygen atoms in total. The maximum absolute atomic E-state index is 12.3. The molecule has 1 aromatic carbocycles. The van der Waals surface area contributed by atoms with Crippen LogP contribution in [0.4, 0.5) is 0 Å². The lowest BCUT2D eigenvalue weighted by atomic mass is 10.3. The fourth-order valence-corrected chi connectivity index (χ4v) is 3.47. The van der Waals surface area contributed by atoms with E-state index in [-0.39, 0.29) is 18.5 Å². The van der Waals surface area contributed by atoms with Gasteiger partial charge >= 0.3 is 0 Å². The second-order valence-electron chi connectivity index (χ2n) is 5.89. The molecule has 2 amide bonds. The van der Waals surface area contributed by atoms with Crippen LogP contribution in [0.2, 0.25) is 0 Å². The molecule has 3 rings (SSSR count). The van der Waals surface area contributed by atoms with Gasteiger partial charge in [-0.1, -0.05) is 22.0 Å². The van der Waals surface area contributed by atoms with Gasteiger partial charge in [-0.3, -0.25) is 29.8 Å². The number of thiophene rings is 1. The summed E-state index contributed by atoms with van der Waals surface area (Å²) in [4.78, 5) is 41.1. The molecule has 3 aromatic rings. The third-order valence-corrected chi connectivity index (χ3v) is 5.15. The number of carbonyl (C=O) groups excluding carboxylic acids is 2. The van der Waals surface area contributed by atoms with Crippen LogP contribution in [-0.2, 0) is 16.1 Å². The van der Waals surface area contributed by atoms with Crippen molar-refractivity contribution < 1.29 is 14.3 Å². The van der Waals surface area contributed by atoms with Crippen molar-refractivity contribution in [2.45, 2.75) is 26.0 Å². The van der Waals surface area contributed by atoms with Gasteiger partial charge in [0, 0.05) is 17.4 Å². The first-order valence-electron chi connectivity index (χ1n) is 8.37. The Morgan fingerprint density at radius 3 is 2.93 bits per heavy atom. The molecule has 1 atom stereocenters. The Kier molecular flexibility index (Phi) is 6.42. The summed E-state index contributed by atoms with van der Waals surface area (Å²) in [7, 11) is 0. The first-order chi connectivity index (χ1) is 13.4. The largest absolute Gasteiger partial charge is 0.481 e. The van der Waals surface area contributed by atoms with E-state index in [1.807, 2.05) is 6.07 Å². The maximum atomic E-state index is 12.3. The summed E-state index contributed by atoms with van der Waals surface area (Å²) in [6.07, 6.45) is 0.627. The van der Waals surface area contributed by atoms with Crippen molar-refractivity contribution >= 4 is 49.3 Å². The molecule has 0 fully saturated rings. The maximum Gasteiger partial charge on any atom is 0.279 e. The summed E-state index contributed by atoms with van der Waals surface area (Å²) in [6.45, 7) is 1.73. The van der Waals surface area contributed by atoms with Gasteiger partial charge in [-0.05, 0) is 36.6 Å². The summed E-state index contributed by atoms with van der Waals surface area (Å²) in [6, 6.07) is 8.80. The summed E-state index contributed by atoms with van der Waals surface area (Å²) in [5.74, 6) is -0.397. The van der Waals surface area contributed by atoms with Gasteiger partial charge in [0.15, 0.2) is 6.10 Å². The van der Waals surface area contributed by atoms with E-state index in [0.717, 1.165) is 4.47 Å². The minimum atomic E-state index is -0.803. The van der Waals surface area contributed by atoms with Crippen LogP contribution in [0, 0.1) is 0 Å². The van der Waals surface area contributed by atoms with Gasteiger partial charge < -0.3 is 4.74 Å². The van der Waals surface area contributed by atoms with E-state index in [2.05, 4.69) is 31.8 Å². The van der Waals surface area contributed by atoms with Crippen LogP contribution in [0.1, 0.15) is 13.3 Å². The quantitative estimate of drug-likeness (QED) is 0.544. The van der Waals surface area contributed by atoms with E-state index in [4.69, 9.17) is 4.74 Å². The number of hydrazine groups is 1. The average molecular weight is 465 g/mol. The highest BCUT2D eigenvalue weighted by molar-refractivity contribution is 9.10. The van der Waals surface area contributed by atoms with Gasteiger partial charge in [0.1, 0.15) is 10.6 Å². The fraction of sp³-hybridized carbons (Fsp3) is 0.222. The highest BCUT2D eigenvalue weighted by atomic mass is 79.9. The SMILES string of the molecule is CC(Oc1cccc(Br)c1)C(=O)NNC(=O)CCn1cnc2sccc2c1=O. The lowest BCUT2D eigenvalue weighted by Crippen LogP contribution is -2.47. The average Bonchev–Trinajstić information content (AvgIpc) is 3.15. The molecule has 0 radical (unpaired) electrons. The number of aromatic nitrogens is 2. The molecule has 0 aliphatic heterocycles. The summed E-state index contributed by atoms with van der Waals surface area (Å²) < 4.78 is 7.72. The number of fused-ring (bicyclic) bond motifs is 1. The first-order valence-corrected chi connectivity index (χ1v) is 10.0. The Balaban J connectivity index is 1.47. The number of carbonyl (C=O) groups is 2. The zero-order valence-electron chi connectivity index (χ0n) is 14.8. The molecule has 2 aromatic heterocycles. The van der Waals surface area contributed by atoms with Crippen molar-refractivity contribution in [1.29, 1.82) is 0 Å². The third kappa shape index (κ3) is 4.96. The van der Waals surface area contributed by atoms with Crippen LogP contribution in [0.5, 0.6) is 5.75 Å². The molecule has 0 saturated carbocycles. The topological polar surface area (TPSA) is 102 Å². The molecule has 2 heterocycles. The number of nitrogens with one attached hydrogen (secondary N) is 2. The van der Waals surface area contributed by atoms with E-state index in [9.17, 15) is 14.4 Å². The summed E-state index contributed by atoms with van der Waals surface area (Å²) in [5, 5.41) is 2.32.